The van der Waals surface area contributed by atoms with Gasteiger partial charge in [0.15, 0.2) is 0 Å². The molecular weight excluding hydrogens is 338 g/mol. The summed E-state index contributed by atoms with van der Waals surface area (Å²) in [5, 5.41) is 3.27. The predicted octanol–water partition coefficient (Wildman–Crippen LogP) is 2.15. The highest BCUT2D eigenvalue weighted by Crippen LogP contribution is 2.23. The maximum absolute atomic E-state index is 12.4. The lowest BCUT2D eigenvalue weighted by molar-refractivity contribution is -0.124. The van der Waals surface area contributed by atoms with E-state index in [1.807, 2.05) is 24.4 Å². The van der Waals surface area contributed by atoms with E-state index in [1.54, 1.807) is 0 Å². The minimum absolute atomic E-state index is 0.197. The summed E-state index contributed by atoms with van der Waals surface area (Å²) in [6.07, 6.45) is 9.08. The Kier molecular flexibility index (Phi) is 5.74. The fourth-order valence-corrected chi connectivity index (χ4v) is 4.38. The average Bonchev–Trinajstić information content (AvgIpc) is 3.07. The maximum Gasteiger partial charge on any atom is 0.234 e. The van der Waals surface area contributed by atoms with Crippen LogP contribution >= 0.6 is 0 Å². The standard InChI is InChI=1S/C21H31N5O/c1-17-6-2-3-7-19(17)23-21(27)16-25-12-10-24(11-13-25)14-18-15-26-9-5-4-8-20(26)22-18/h4-5,8-9,15,17,19H,2-3,6-7,10-14,16H2,1H3,(H,23,27). The van der Waals surface area contributed by atoms with Crippen LogP contribution in [0, 0.1) is 5.92 Å². The molecule has 0 spiro atoms. The molecule has 1 saturated carbocycles. The van der Waals surface area contributed by atoms with Crippen molar-refractivity contribution in [1.82, 2.24) is 24.5 Å². The topological polar surface area (TPSA) is 52.9 Å². The van der Waals surface area contributed by atoms with E-state index in [0.717, 1.165) is 50.5 Å². The van der Waals surface area contributed by atoms with E-state index in [2.05, 4.69) is 37.6 Å². The van der Waals surface area contributed by atoms with Gasteiger partial charge in [0.2, 0.25) is 5.91 Å². The SMILES string of the molecule is CC1CCCCC1NC(=O)CN1CCN(Cc2cn3ccccc3n2)CC1. The van der Waals surface area contributed by atoms with Gasteiger partial charge in [0.05, 0.1) is 12.2 Å². The van der Waals surface area contributed by atoms with Crippen LogP contribution in [0.1, 0.15) is 38.3 Å². The molecule has 2 unspecified atom stereocenters. The number of imidazole rings is 1. The molecule has 3 heterocycles. The molecule has 0 aromatic carbocycles. The number of pyridine rings is 1. The quantitative estimate of drug-likeness (QED) is 0.877. The summed E-state index contributed by atoms with van der Waals surface area (Å²) in [5.41, 5.74) is 2.11. The van der Waals surface area contributed by atoms with Crippen LogP contribution in [-0.2, 0) is 11.3 Å². The number of aromatic nitrogens is 2. The number of amides is 1. The van der Waals surface area contributed by atoms with Gasteiger partial charge in [0.25, 0.3) is 0 Å². The summed E-state index contributed by atoms with van der Waals surface area (Å²) in [6, 6.07) is 6.45. The normalized spacial score (nSPS) is 24.9. The van der Waals surface area contributed by atoms with Crippen molar-refractivity contribution in [2.45, 2.75) is 45.2 Å². The molecule has 1 N–H and O–H groups in total. The third-order valence-electron chi connectivity index (χ3n) is 6.09. The van der Waals surface area contributed by atoms with E-state index in [0.29, 0.717) is 18.5 Å². The largest absolute Gasteiger partial charge is 0.352 e. The number of carbonyl (C=O) groups is 1. The van der Waals surface area contributed by atoms with Gasteiger partial charge in [-0.3, -0.25) is 14.6 Å². The Morgan fingerprint density at radius 2 is 1.93 bits per heavy atom. The molecule has 6 heteroatoms. The molecule has 1 aliphatic heterocycles. The number of hydrogen-bond acceptors (Lipinski definition) is 4. The summed E-state index contributed by atoms with van der Waals surface area (Å²) in [7, 11) is 0. The van der Waals surface area contributed by atoms with E-state index >= 15 is 0 Å². The molecule has 2 fully saturated rings. The van der Waals surface area contributed by atoms with Crippen molar-refractivity contribution in [3.8, 4) is 0 Å². The monoisotopic (exact) mass is 369 g/mol. The fourth-order valence-electron chi connectivity index (χ4n) is 4.38. The van der Waals surface area contributed by atoms with E-state index in [-0.39, 0.29) is 5.91 Å². The number of fused-ring (bicyclic) bond motifs is 1. The van der Waals surface area contributed by atoms with Crippen molar-refractivity contribution in [3.63, 3.8) is 0 Å². The number of hydrogen-bond donors (Lipinski definition) is 1. The minimum atomic E-state index is 0.197. The molecule has 1 amide bonds. The molecule has 2 aromatic rings. The lowest BCUT2D eigenvalue weighted by Crippen LogP contribution is -2.51. The first-order valence-electron chi connectivity index (χ1n) is 10.3. The van der Waals surface area contributed by atoms with Gasteiger partial charge in [-0.15, -0.1) is 0 Å². The fraction of sp³-hybridized carbons (Fsp3) is 0.619. The lowest BCUT2D eigenvalue weighted by atomic mass is 9.86. The van der Waals surface area contributed by atoms with Crippen molar-refractivity contribution in [2.24, 2.45) is 5.92 Å². The summed E-state index contributed by atoms with van der Waals surface area (Å²) in [4.78, 5) is 21.8. The van der Waals surface area contributed by atoms with Crippen molar-refractivity contribution >= 4 is 11.6 Å². The Morgan fingerprint density at radius 1 is 1.15 bits per heavy atom. The molecule has 2 atom stereocenters. The van der Waals surface area contributed by atoms with Crippen LogP contribution in [0.4, 0.5) is 0 Å². The van der Waals surface area contributed by atoms with Gasteiger partial charge in [-0.25, -0.2) is 4.98 Å². The third-order valence-corrected chi connectivity index (χ3v) is 6.09. The Morgan fingerprint density at radius 3 is 2.70 bits per heavy atom. The second-order valence-corrected chi connectivity index (χ2v) is 8.19. The molecule has 4 rings (SSSR count). The summed E-state index contributed by atoms with van der Waals surface area (Å²) < 4.78 is 2.07. The van der Waals surface area contributed by atoms with Crippen LogP contribution in [0.25, 0.3) is 5.65 Å². The predicted molar refractivity (Wildman–Crippen MR) is 106 cm³/mol. The summed E-state index contributed by atoms with van der Waals surface area (Å²) >= 11 is 0. The molecule has 146 valence electrons. The zero-order valence-electron chi connectivity index (χ0n) is 16.3. The van der Waals surface area contributed by atoms with Gasteiger partial charge in [0, 0.05) is 51.2 Å². The summed E-state index contributed by atoms with van der Waals surface area (Å²) in [5.74, 6) is 0.813. The molecule has 2 aromatic heterocycles. The van der Waals surface area contributed by atoms with Crippen molar-refractivity contribution in [2.75, 3.05) is 32.7 Å². The first-order valence-corrected chi connectivity index (χ1v) is 10.3. The smallest absolute Gasteiger partial charge is 0.234 e. The highest BCUT2D eigenvalue weighted by molar-refractivity contribution is 5.78. The van der Waals surface area contributed by atoms with Gasteiger partial charge in [0.1, 0.15) is 5.65 Å². The van der Waals surface area contributed by atoms with Crippen LogP contribution in [0.2, 0.25) is 0 Å². The second kappa shape index (κ2) is 8.40. The molecule has 6 nitrogen and oxygen atoms in total. The van der Waals surface area contributed by atoms with E-state index < -0.39 is 0 Å². The number of nitrogens with zero attached hydrogens (tertiary/aromatic N) is 4. The lowest BCUT2D eigenvalue weighted by Gasteiger charge is -2.35. The number of piperazine rings is 1. The third kappa shape index (κ3) is 4.68. The van der Waals surface area contributed by atoms with Gasteiger partial charge in [-0.05, 0) is 30.9 Å². The Balaban J connectivity index is 1.22. The van der Waals surface area contributed by atoms with Gasteiger partial charge in [-0.1, -0.05) is 25.8 Å². The second-order valence-electron chi connectivity index (χ2n) is 8.19. The first kappa shape index (κ1) is 18.4. The number of nitrogens with one attached hydrogen (secondary N) is 1. The highest BCUT2D eigenvalue weighted by Gasteiger charge is 2.25. The van der Waals surface area contributed by atoms with Crippen LogP contribution in [0.3, 0.4) is 0 Å². The Labute approximate surface area is 161 Å². The molecule has 2 aliphatic rings. The number of rotatable bonds is 5. The zero-order chi connectivity index (χ0) is 18.6. The van der Waals surface area contributed by atoms with Crippen molar-refractivity contribution in [1.29, 1.82) is 0 Å². The van der Waals surface area contributed by atoms with Gasteiger partial charge >= 0.3 is 0 Å². The van der Waals surface area contributed by atoms with Gasteiger partial charge < -0.3 is 9.72 Å². The minimum Gasteiger partial charge on any atom is -0.352 e. The molecule has 1 saturated heterocycles. The van der Waals surface area contributed by atoms with Crippen LogP contribution in [-0.4, -0.2) is 63.9 Å². The zero-order valence-corrected chi connectivity index (χ0v) is 16.3. The summed E-state index contributed by atoms with van der Waals surface area (Å²) in [6.45, 7) is 7.54. The Bertz CT molecular complexity index is 732. The molecule has 0 bridgehead atoms. The van der Waals surface area contributed by atoms with Crippen molar-refractivity contribution in [3.05, 3.63) is 36.3 Å². The van der Waals surface area contributed by atoms with Gasteiger partial charge in [-0.2, -0.15) is 0 Å². The molecule has 1 aliphatic carbocycles. The van der Waals surface area contributed by atoms with Crippen LogP contribution < -0.4 is 5.32 Å². The first-order chi connectivity index (χ1) is 13.2. The Hall–Kier alpha value is -1.92. The average molecular weight is 370 g/mol. The van der Waals surface area contributed by atoms with E-state index in [9.17, 15) is 4.79 Å². The number of carbonyl (C=O) groups excluding carboxylic acids is 1. The van der Waals surface area contributed by atoms with Crippen LogP contribution in [0.5, 0.6) is 0 Å². The molecule has 27 heavy (non-hydrogen) atoms. The maximum atomic E-state index is 12.4. The molecular formula is C21H31N5O. The van der Waals surface area contributed by atoms with Crippen molar-refractivity contribution < 1.29 is 4.79 Å². The van der Waals surface area contributed by atoms with Crippen LogP contribution in [0.15, 0.2) is 30.6 Å². The van der Waals surface area contributed by atoms with E-state index in [1.165, 1.54) is 19.3 Å². The molecule has 0 radical (unpaired) electrons. The van der Waals surface area contributed by atoms with E-state index in [4.69, 9.17) is 0 Å². The highest BCUT2D eigenvalue weighted by atomic mass is 16.2.